The zero-order valence-electron chi connectivity index (χ0n) is 12.7. The number of hydrogen-bond acceptors (Lipinski definition) is 4. The van der Waals surface area contributed by atoms with E-state index >= 15 is 0 Å². The van der Waals surface area contributed by atoms with Crippen molar-refractivity contribution in [2.75, 3.05) is 24.3 Å². The highest BCUT2D eigenvalue weighted by atomic mass is 35.5. The van der Waals surface area contributed by atoms with E-state index < -0.39 is 5.97 Å². The summed E-state index contributed by atoms with van der Waals surface area (Å²) < 4.78 is 5.09. The average Bonchev–Trinajstić information content (AvgIpc) is 2.36. The lowest BCUT2D eigenvalue weighted by Gasteiger charge is -2.32. The molecule has 20 heavy (non-hydrogen) atoms. The first-order valence-electron chi connectivity index (χ1n) is 6.78. The van der Waals surface area contributed by atoms with Crippen molar-refractivity contribution in [1.29, 1.82) is 0 Å². The first-order valence-corrected chi connectivity index (χ1v) is 7.16. The van der Waals surface area contributed by atoms with Crippen molar-refractivity contribution in [1.82, 2.24) is 0 Å². The summed E-state index contributed by atoms with van der Waals surface area (Å²) in [5, 5.41) is 0.461. The van der Waals surface area contributed by atoms with Crippen molar-refractivity contribution in [3.63, 3.8) is 0 Å². The maximum atomic E-state index is 12.1. The molecule has 5 heteroatoms. The van der Waals surface area contributed by atoms with Gasteiger partial charge in [0, 0.05) is 18.8 Å². The quantitative estimate of drug-likeness (QED) is 0.667. The van der Waals surface area contributed by atoms with Crippen molar-refractivity contribution in [3.8, 4) is 0 Å². The smallest absolute Gasteiger partial charge is 0.340 e. The fraction of sp³-hybridized carbons (Fsp3) is 0.533. The first-order chi connectivity index (χ1) is 9.29. The Morgan fingerprint density at radius 1 is 1.40 bits per heavy atom. The van der Waals surface area contributed by atoms with E-state index in [-0.39, 0.29) is 6.04 Å². The van der Waals surface area contributed by atoms with E-state index in [1.54, 1.807) is 19.1 Å². The van der Waals surface area contributed by atoms with Crippen molar-refractivity contribution >= 4 is 28.9 Å². The van der Waals surface area contributed by atoms with Crippen molar-refractivity contribution in [2.24, 2.45) is 5.92 Å². The van der Waals surface area contributed by atoms with E-state index in [9.17, 15) is 4.79 Å². The van der Waals surface area contributed by atoms with Gasteiger partial charge in [0.15, 0.2) is 0 Å². The van der Waals surface area contributed by atoms with Crippen LogP contribution in [0.2, 0.25) is 5.02 Å². The van der Waals surface area contributed by atoms with Gasteiger partial charge in [0.1, 0.15) is 0 Å². The zero-order chi connectivity index (χ0) is 15.4. The van der Waals surface area contributed by atoms with E-state index in [1.165, 1.54) is 0 Å². The first kappa shape index (κ1) is 16.6. The third-order valence-corrected chi connectivity index (χ3v) is 3.80. The number of nitrogens with two attached hydrogens (primary N) is 1. The van der Waals surface area contributed by atoms with Crippen LogP contribution in [0.25, 0.3) is 0 Å². The molecule has 0 saturated heterocycles. The number of carbonyl (C=O) groups is 1. The second-order valence-corrected chi connectivity index (χ2v) is 5.62. The fourth-order valence-electron chi connectivity index (χ4n) is 1.99. The number of hydrogen-bond donors (Lipinski definition) is 1. The predicted octanol–water partition coefficient (Wildman–Crippen LogP) is 3.58. The standard InChI is InChI=1S/C15H23ClN2O2/c1-6-20-15(19)12-7-11(17)8-13(16)14(12)18(5)10(4)9(2)3/h7-10H,6,17H2,1-5H3. The van der Waals surface area contributed by atoms with Crippen LogP contribution in [-0.2, 0) is 4.74 Å². The van der Waals surface area contributed by atoms with Crippen LogP contribution in [-0.4, -0.2) is 25.7 Å². The monoisotopic (exact) mass is 298 g/mol. The molecule has 1 rings (SSSR count). The number of nitrogen functional groups attached to an aromatic ring is 1. The topological polar surface area (TPSA) is 55.6 Å². The Balaban J connectivity index is 3.33. The third kappa shape index (κ3) is 3.57. The minimum atomic E-state index is -0.403. The normalized spacial score (nSPS) is 12.3. The molecular weight excluding hydrogens is 276 g/mol. The highest BCUT2D eigenvalue weighted by molar-refractivity contribution is 6.34. The van der Waals surface area contributed by atoms with Crippen LogP contribution in [0.15, 0.2) is 12.1 Å². The second kappa shape index (κ2) is 6.84. The van der Waals surface area contributed by atoms with Crippen LogP contribution < -0.4 is 10.6 Å². The van der Waals surface area contributed by atoms with Crippen LogP contribution in [0.3, 0.4) is 0 Å². The Morgan fingerprint density at radius 2 is 2.00 bits per heavy atom. The number of benzene rings is 1. The minimum Gasteiger partial charge on any atom is -0.462 e. The number of nitrogens with zero attached hydrogens (tertiary/aromatic N) is 1. The molecule has 0 spiro atoms. The van der Waals surface area contributed by atoms with Crippen LogP contribution in [0.4, 0.5) is 11.4 Å². The Bertz CT molecular complexity index is 489. The summed E-state index contributed by atoms with van der Waals surface area (Å²) in [7, 11) is 1.92. The summed E-state index contributed by atoms with van der Waals surface area (Å²) in [6.45, 7) is 8.42. The van der Waals surface area contributed by atoms with E-state index in [2.05, 4.69) is 20.8 Å². The molecule has 0 fully saturated rings. The molecule has 0 aliphatic rings. The van der Waals surface area contributed by atoms with Gasteiger partial charge in [-0.25, -0.2) is 4.79 Å². The minimum absolute atomic E-state index is 0.226. The lowest BCUT2D eigenvalue weighted by atomic mass is 10.0. The number of ether oxygens (including phenoxy) is 1. The summed E-state index contributed by atoms with van der Waals surface area (Å²) in [6, 6.07) is 3.50. The molecule has 1 aromatic rings. The highest BCUT2D eigenvalue weighted by Crippen LogP contribution is 2.34. The predicted molar refractivity (Wildman–Crippen MR) is 84.5 cm³/mol. The maximum absolute atomic E-state index is 12.1. The zero-order valence-corrected chi connectivity index (χ0v) is 13.5. The molecule has 0 bridgehead atoms. The molecule has 1 atom stereocenters. The number of anilines is 2. The largest absolute Gasteiger partial charge is 0.462 e. The van der Waals surface area contributed by atoms with Crippen LogP contribution in [0, 0.1) is 5.92 Å². The number of halogens is 1. The SMILES string of the molecule is CCOC(=O)c1cc(N)cc(Cl)c1N(C)C(C)C(C)C. The number of rotatable bonds is 5. The summed E-state index contributed by atoms with van der Waals surface area (Å²) >= 11 is 6.29. The van der Waals surface area contributed by atoms with Crippen LogP contribution in [0.1, 0.15) is 38.1 Å². The molecule has 0 heterocycles. The van der Waals surface area contributed by atoms with Gasteiger partial charge in [0.25, 0.3) is 0 Å². The van der Waals surface area contributed by atoms with Crippen molar-refractivity contribution in [2.45, 2.75) is 33.7 Å². The molecule has 4 nitrogen and oxygen atoms in total. The van der Waals surface area contributed by atoms with E-state index in [0.717, 1.165) is 0 Å². The maximum Gasteiger partial charge on any atom is 0.340 e. The van der Waals surface area contributed by atoms with Gasteiger partial charge in [-0.15, -0.1) is 0 Å². The van der Waals surface area contributed by atoms with E-state index in [1.807, 2.05) is 11.9 Å². The van der Waals surface area contributed by atoms with Gasteiger partial charge in [-0.05, 0) is 31.9 Å². The molecule has 112 valence electrons. The molecule has 0 saturated carbocycles. The molecule has 1 aromatic carbocycles. The second-order valence-electron chi connectivity index (χ2n) is 5.21. The molecule has 0 aliphatic carbocycles. The van der Waals surface area contributed by atoms with Crippen molar-refractivity contribution < 1.29 is 9.53 Å². The summed E-state index contributed by atoms with van der Waals surface area (Å²) in [5.74, 6) is 0.0168. The van der Waals surface area contributed by atoms with E-state index in [0.29, 0.717) is 34.5 Å². The fourth-order valence-corrected chi connectivity index (χ4v) is 2.35. The Labute approximate surface area is 125 Å². The average molecular weight is 299 g/mol. The van der Waals surface area contributed by atoms with Crippen LogP contribution in [0.5, 0.6) is 0 Å². The Hall–Kier alpha value is -1.42. The molecule has 0 aromatic heterocycles. The Kier molecular flexibility index (Phi) is 5.69. The number of carbonyl (C=O) groups excluding carboxylic acids is 1. The molecule has 2 N–H and O–H groups in total. The van der Waals surface area contributed by atoms with Gasteiger partial charge in [0.05, 0.1) is 22.9 Å². The van der Waals surface area contributed by atoms with Crippen LogP contribution >= 0.6 is 11.6 Å². The highest BCUT2D eigenvalue weighted by Gasteiger charge is 2.23. The summed E-state index contributed by atoms with van der Waals surface area (Å²) in [5.41, 5.74) is 7.32. The van der Waals surface area contributed by atoms with Gasteiger partial charge in [-0.3, -0.25) is 0 Å². The van der Waals surface area contributed by atoms with E-state index in [4.69, 9.17) is 22.1 Å². The Morgan fingerprint density at radius 3 is 2.50 bits per heavy atom. The molecular formula is C15H23ClN2O2. The van der Waals surface area contributed by atoms with Gasteiger partial charge < -0.3 is 15.4 Å². The molecule has 0 amide bonds. The van der Waals surface area contributed by atoms with Gasteiger partial charge in [-0.2, -0.15) is 0 Å². The lowest BCUT2D eigenvalue weighted by Crippen LogP contribution is -2.34. The molecule has 0 aliphatic heterocycles. The van der Waals surface area contributed by atoms with Crippen molar-refractivity contribution in [3.05, 3.63) is 22.7 Å². The third-order valence-electron chi connectivity index (χ3n) is 3.51. The van der Waals surface area contributed by atoms with Gasteiger partial charge >= 0.3 is 5.97 Å². The number of esters is 1. The van der Waals surface area contributed by atoms with Gasteiger partial charge in [-0.1, -0.05) is 25.4 Å². The van der Waals surface area contributed by atoms with Gasteiger partial charge in [0.2, 0.25) is 0 Å². The lowest BCUT2D eigenvalue weighted by molar-refractivity contribution is 0.0527. The summed E-state index contributed by atoms with van der Waals surface area (Å²) in [4.78, 5) is 14.1. The molecule has 1 unspecified atom stereocenters. The summed E-state index contributed by atoms with van der Waals surface area (Å²) in [6.07, 6.45) is 0. The molecule has 0 radical (unpaired) electrons.